The number of ether oxygens (including phenoxy) is 1. The minimum Gasteiger partial charge on any atom is -0.465 e. The van der Waals surface area contributed by atoms with E-state index in [2.05, 4.69) is 20.3 Å². The topological polar surface area (TPSA) is 120 Å². The molecule has 0 aromatic heterocycles. The van der Waals surface area contributed by atoms with Crippen LogP contribution in [0.1, 0.15) is 12.0 Å². The van der Waals surface area contributed by atoms with E-state index in [0.717, 1.165) is 11.8 Å². The smallest absolute Gasteiger partial charge is 0.410 e. The van der Waals surface area contributed by atoms with E-state index in [-0.39, 0.29) is 22.3 Å². The van der Waals surface area contributed by atoms with Crippen molar-refractivity contribution in [1.29, 1.82) is 0 Å². The van der Waals surface area contributed by atoms with Gasteiger partial charge >= 0.3 is 6.09 Å². The summed E-state index contributed by atoms with van der Waals surface area (Å²) in [4.78, 5) is 16.6. The van der Waals surface area contributed by atoms with Crippen LogP contribution in [0.25, 0.3) is 10.4 Å². The molecule has 1 saturated heterocycles. The fourth-order valence-electron chi connectivity index (χ4n) is 2.76. The Morgan fingerprint density at radius 2 is 2.48 bits per heavy atom. The molecular formula is C13H12FN5O3S. The molecule has 2 aliphatic heterocycles. The molecule has 8 nitrogen and oxygen atoms in total. The lowest BCUT2D eigenvalue weighted by Crippen LogP contribution is -2.41. The maximum atomic E-state index is 14.4. The molecule has 2 heterocycles. The van der Waals surface area contributed by atoms with Crippen LogP contribution in [0.3, 0.4) is 0 Å². The molecule has 2 atom stereocenters. The second-order valence-corrected chi connectivity index (χ2v) is 6.23. The molecule has 0 saturated carbocycles. The first-order chi connectivity index (χ1) is 11.0. The molecule has 2 N–H and O–H groups in total. The van der Waals surface area contributed by atoms with Crippen LogP contribution in [0.2, 0.25) is 0 Å². The molecule has 23 heavy (non-hydrogen) atoms. The minimum atomic E-state index is -1.24. The fourth-order valence-corrected chi connectivity index (χ4v) is 4.09. The highest BCUT2D eigenvalue weighted by atomic mass is 32.2. The molecule has 120 valence electrons. The van der Waals surface area contributed by atoms with Gasteiger partial charge < -0.3 is 9.84 Å². The fraction of sp³-hybridized carbons (Fsp3) is 0.385. The molecule has 0 spiro atoms. The quantitative estimate of drug-likeness (QED) is 0.488. The first-order valence-electron chi connectivity index (χ1n) is 6.77. The van der Waals surface area contributed by atoms with Crippen LogP contribution in [0, 0.1) is 11.7 Å². The van der Waals surface area contributed by atoms with E-state index < -0.39 is 16.8 Å². The summed E-state index contributed by atoms with van der Waals surface area (Å²) in [7, 11) is 0. The number of thioether (sulfide) groups is 1. The molecule has 0 unspecified atom stereocenters. The largest absolute Gasteiger partial charge is 0.465 e. The Kier molecular flexibility index (Phi) is 4.12. The van der Waals surface area contributed by atoms with Gasteiger partial charge in [0.25, 0.3) is 0 Å². The standard InChI is InChI=1S/C13H12FN5O3S/c14-10-2-1-8(18-19-15)5-9(10)13-7(3-4-22-13)6-16-11(23-13)17-12(20)21/h1-2,5,7H,3-4,6H2,(H,16,17)(H,20,21)/t7-,13-/m1/s1. The average Bonchev–Trinajstić information content (AvgIpc) is 2.92. The first kappa shape index (κ1) is 15.6. The third kappa shape index (κ3) is 2.83. The van der Waals surface area contributed by atoms with E-state index in [1.54, 1.807) is 0 Å². The molecule has 1 fully saturated rings. The number of fused-ring (bicyclic) bond motifs is 1. The van der Waals surface area contributed by atoms with Crippen molar-refractivity contribution in [2.24, 2.45) is 16.0 Å². The van der Waals surface area contributed by atoms with Crippen LogP contribution in [0.5, 0.6) is 0 Å². The highest BCUT2D eigenvalue weighted by Gasteiger charge is 2.51. The number of nitrogens with zero attached hydrogens (tertiary/aromatic N) is 4. The predicted molar refractivity (Wildman–Crippen MR) is 82.0 cm³/mol. The number of nitrogens with one attached hydrogen (secondary N) is 1. The van der Waals surface area contributed by atoms with E-state index in [9.17, 15) is 9.18 Å². The van der Waals surface area contributed by atoms with Crippen molar-refractivity contribution >= 4 is 28.7 Å². The number of hydrogen-bond donors (Lipinski definition) is 2. The van der Waals surface area contributed by atoms with E-state index in [1.807, 2.05) is 0 Å². The van der Waals surface area contributed by atoms with Gasteiger partial charge in [0.05, 0.1) is 0 Å². The summed E-state index contributed by atoms with van der Waals surface area (Å²) in [5.74, 6) is -0.597. The second kappa shape index (κ2) is 6.07. The molecular weight excluding hydrogens is 325 g/mol. The summed E-state index contributed by atoms with van der Waals surface area (Å²) in [6.45, 7) is 0.743. The monoisotopic (exact) mass is 337 g/mol. The maximum absolute atomic E-state index is 14.4. The molecule has 0 bridgehead atoms. The summed E-state index contributed by atoms with van der Waals surface area (Å²) in [5.41, 5.74) is 9.05. The van der Waals surface area contributed by atoms with Crippen molar-refractivity contribution < 1.29 is 19.0 Å². The first-order valence-corrected chi connectivity index (χ1v) is 7.59. The second-order valence-electron chi connectivity index (χ2n) is 5.03. The summed E-state index contributed by atoms with van der Waals surface area (Å²) in [6.07, 6.45) is -0.562. The third-order valence-corrected chi connectivity index (χ3v) is 5.12. The molecule has 1 amide bonds. The van der Waals surface area contributed by atoms with Gasteiger partial charge in [0.2, 0.25) is 0 Å². The number of carbonyl (C=O) groups is 1. The Morgan fingerprint density at radius 1 is 1.65 bits per heavy atom. The number of hydrogen-bond acceptors (Lipinski definition) is 5. The number of amides is 1. The maximum Gasteiger partial charge on any atom is 0.410 e. The highest BCUT2D eigenvalue weighted by Crippen LogP contribution is 2.53. The Labute approximate surface area is 134 Å². The van der Waals surface area contributed by atoms with Gasteiger partial charge in [-0.3, -0.25) is 10.3 Å². The van der Waals surface area contributed by atoms with Crippen molar-refractivity contribution in [2.45, 2.75) is 11.4 Å². The van der Waals surface area contributed by atoms with Crippen LogP contribution >= 0.6 is 11.8 Å². The summed E-state index contributed by atoms with van der Waals surface area (Å²) < 4.78 is 20.2. The zero-order valence-electron chi connectivity index (χ0n) is 11.8. The Bertz CT molecular complexity index is 736. The van der Waals surface area contributed by atoms with Crippen molar-refractivity contribution in [2.75, 3.05) is 13.2 Å². The van der Waals surface area contributed by atoms with E-state index in [0.29, 0.717) is 19.6 Å². The number of benzene rings is 1. The van der Waals surface area contributed by atoms with E-state index in [4.69, 9.17) is 15.4 Å². The van der Waals surface area contributed by atoms with Crippen LogP contribution < -0.4 is 5.32 Å². The number of rotatable bonds is 2. The van der Waals surface area contributed by atoms with Crippen molar-refractivity contribution in [3.8, 4) is 0 Å². The molecule has 1 aromatic carbocycles. The van der Waals surface area contributed by atoms with Gasteiger partial charge in [-0.15, -0.1) is 0 Å². The normalized spacial score (nSPS) is 26.0. The van der Waals surface area contributed by atoms with Crippen LogP contribution in [-0.4, -0.2) is 29.5 Å². The molecule has 10 heteroatoms. The zero-order chi connectivity index (χ0) is 16.4. The predicted octanol–water partition coefficient (Wildman–Crippen LogP) is 3.33. The molecule has 0 aliphatic carbocycles. The van der Waals surface area contributed by atoms with Gasteiger partial charge in [-0.1, -0.05) is 5.11 Å². The van der Waals surface area contributed by atoms with E-state index >= 15 is 0 Å². The highest BCUT2D eigenvalue weighted by molar-refractivity contribution is 8.14. The molecule has 0 radical (unpaired) electrons. The van der Waals surface area contributed by atoms with Gasteiger partial charge in [-0.05, 0) is 41.9 Å². The lowest BCUT2D eigenvalue weighted by atomic mass is 9.93. The van der Waals surface area contributed by atoms with Gasteiger partial charge in [-0.2, -0.15) is 0 Å². The van der Waals surface area contributed by atoms with Crippen molar-refractivity contribution in [1.82, 2.24) is 5.32 Å². The van der Waals surface area contributed by atoms with Gasteiger partial charge in [0, 0.05) is 35.2 Å². The van der Waals surface area contributed by atoms with Crippen molar-refractivity contribution in [3.05, 3.63) is 40.0 Å². The summed E-state index contributed by atoms with van der Waals surface area (Å²) >= 11 is 1.03. The summed E-state index contributed by atoms with van der Waals surface area (Å²) in [6, 6.07) is 4.02. The lowest BCUT2D eigenvalue weighted by molar-refractivity contribution is 0.0560. The molecule has 2 aliphatic rings. The van der Waals surface area contributed by atoms with Crippen molar-refractivity contribution in [3.63, 3.8) is 0 Å². The van der Waals surface area contributed by atoms with Crippen LogP contribution in [0.4, 0.5) is 14.9 Å². The average molecular weight is 337 g/mol. The lowest BCUT2D eigenvalue weighted by Gasteiger charge is -2.36. The number of halogens is 1. The van der Waals surface area contributed by atoms with Gasteiger partial charge in [-0.25, -0.2) is 9.18 Å². The molecule has 3 rings (SSSR count). The number of carboxylic acid groups (broad SMARTS) is 1. The SMILES string of the molecule is [N-]=[N+]=Nc1ccc(F)c([C@@]23OCC[C@@H]2CN=C(NC(=O)O)S3)c1. The van der Waals surface area contributed by atoms with E-state index in [1.165, 1.54) is 18.2 Å². The van der Waals surface area contributed by atoms with Crippen LogP contribution in [-0.2, 0) is 9.67 Å². The van der Waals surface area contributed by atoms with Crippen LogP contribution in [0.15, 0.2) is 28.3 Å². The number of aliphatic imine (C=N–C) groups is 1. The number of azide groups is 1. The van der Waals surface area contributed by atoms with Gasteiger partial charge in [0.15, 0.2) is 10.1 Å². The summed E-state index contributed by atoms with van der Waals surface area (Å²) in [5, 5.41) is 14.7. The molecule has 1 aromatic rings. The van der Waals surface area contributed by atoms with Gasteiger partial charge in [0.1, 0.15) is 5.82 Å². The Morgan fingerprint density at radius 3 is 3.22 bits per heavy atom. The zero-order valence-corrected chi connectivity index (χ0v) is 12.6. The number of amidine groups is 1. The minimum absolute atomic E-state index is 0.0948. The Balaban J connectivity index is 2.04. The third-order valence-electron chi connectivity index (χ3n) is 3.72. The Hall–Kier alpha value is -2.29.